The Labute approximate surface area is 89.7 Å². The Balaban J connectivity index is 2.48. The topological polar surface area (TPSA) is 20.2 Å². The van der Waals surface area contributed by atoms with Gasteiger partial charge in [0.05, 0.1) is 0 Å². The number of aryl methyl sites for hydroxylation is 1. The van der Waals surface area contributed by atoms with Crippen molar-refractivity contribution in [2.24, 2.45) is 0 Å². The molecule has 0 radical (unpaired) electrons. The van der Waals surface area contributed by atoms with Crippen LogP contribution in [-0.4, -0.2) is 11.7 Å². The van der Waals surface area contributed by atoms with Gasteiger partial charge in [-0.2, -0.15) is 0 Å². The largest absolute Gasteiger partial charge is 0.396 e. The van der Waals surface area contributed by atoms with Crippen molar-refractivity contribution in [1.82, 2.24) is 0 Å². The molecule has 1 aromatic rings. The molecule has 1 aliphatic rings. The van der Waals surface area contributed by atoms with Crippen LogP contribution in [0.2, 0.25) is 5.02 Å². The van der Waals surface area contributed by atoms with Crippen molar-refractivity contribution in [3.05, 3.63) is 33.8 Å². The van der Waals surface area contributed by atoms with Gasteiger partial charge in [-0.15, -0.1) is 0 Å². The number of benzene rings is 1. The van der Waals surface area contributed by atoms with Crippen LogP contribution in [0.25, 0.3) is 0 Å². The summed E-state index contributed by atoms with van der Waals surface area (Å²) in [5.41, 5.74) is 4.05. The van der Waals surface area contributed by atoms with Crippen LogP contribution in [0.3, 0.4) is 0 Å². The molecular weight excluding hydrogens is 196 g/mol. The molecular formula is C12H15ClO. The highest BCUT2D eigenvalue weighted by Gasteiger charge is 2.18. The Morgan fingerprint density at radius 2 is 2.21 bits per heavy atom. The maximum absolute atomic E-state index is 9.17. The average molecular weight is 211 g/mol. The molecule has 2 rings (SSSR count). The van der Waals surface area contributed by atoms with E-state index in [1.54, 1.807) is 0 Å². The fourth-order valence-electron chi connectivity index (χ4n) is 2.24. The Bertz CT molecular complexity index is 346. The minimum absolute atomic E-state index is 0.201. The van der Waals surface area contributed by atoms with Crippen LogP contribution < -0.4 is 0 Å². The molecule has 2 heteroatoms. The smallest absolute Gasteiger partial charge is 0.0497 e. The third kappa shape index (κ3) is 1.67. The summed E-state index contributed by atoms with van der Waals surface area (Å²) in [6, 6.07) is 4.07. The highest BCUT2D eigenvalue weighted by Crippen LogP contribution is 2.32. The Kier molecular flexibility index (Phi) is 2.80. The summed E-state index contributed by atoms with van der Waals surface area (Å²) >= 11 is 6.05. The van der Waals surface area contributed by atoms with Crippen molar-refractivity contribution in [3.63, 3.8) is 0 Å². The molecule has 0 saturated carbocycles. The lowest BCUT2D eigenvalue weighted by atomic mass is 9.94. The zero-order chi connectivity index (χ0) is 10.1. The van der Waals surface area contributed by atoms with E-state index in [0.29, 0.717) is 0 Å². The van der Waals surface area contributed by atoms with Crippen LogP contribution in [0.5, 0.6) is 0 Å². The molecule has 1 aromatic carbocycles. The van der Waals surface area contributed by atoms with Crippen molar-refractivity contribution in [1.29, 1.82) is 0 Å². The average Bonchev–Trinajstić information content (AvgIpc) is 2.62. The summed E-state index contributed by atoms with van der Waals surface area (Å²) in [6.07, 6.45) is 3.51. The normalized spacial score (nSPS) is 16.8. The van der Waals surface area contributed by atoms with Crippen molar-refractivity contribution >= 4 is 11.6 Å². The summed E-state index contributed by atoms with van der Waals surface area (Å²) in [6.45, 7) is 2.25. The van der Waals surface area contributed by atoms with Crippen molar-refractivity contribution in [2.75, 3.05) is 6.61 Å². The predicted molar refractivity (Wildman–Crippen MR) is 59.0 cm³/mol. The van der Waals surface area contributed by atoms with Gasteiger partial charge in [0.25, 0.3) is 0 Å². The number of hydrogen-bond donors (Lipinski definition) is 1. The van der Waals surface area contributed by atoms with Crippen molar-refractivity contribution in [3.8, 4) is 0 Å². The summed E-state index contributed by atoms with van der Waals surface area (Å²) in [4.78, 5) is 0. The maximum atomic E-state index is 9.17. The number of hydrogen-bond acceptors (Lipinski definition) is 1. The van der Waals surface area contributed by atoms with E-state index in [1.165, 1.54) is 23.1 Å². The van der Waals surface area contributed by atoms with Crippen LogP contribution in [0.4, 0.5) is 0 Å². The van der Waals surface area contributed by atoms with Crippen molar-refractivity contribution in [2.45, 2.75) is 32.1 Å². The minimum atomic E-state index is 0.201. The van der Waals surface area contributed by atoms with E-state index >= 15 is 0 Å². The lowest BCUT2D eigenvalue weighted by Crippen LogP contribution is -2.03. The molecule has 0 fully saturated rings. The Morgan fingerprint density at radius 1 is 1.43 bits per heavy atom. The highest BCUT2D eigenvalue weighted by atomic mass is 35.5. The molecule has 1 aliphatic carbocycles. The van der Waals surface area contributed by atoms with E-state index in [9.17, 15) is 0 Å². The quantitative estimate of drug-likeness (QED) is 0.796. The van der Waals surface area contributed by atoms with Crippen LogP contribution >= 0.6 is 11.6 Å². The van der Waals surface area contributed by atoms with Gasteiger partial charge in [0, 0.05) is 17.5 Å². The van der Waals surface area contributed by atoms with Gasteiger partial charge in [-0.05, 0) is 48.1 Å². The zero-order valence-electron chi connectivity index (χ0n) is 8.39. The molecule has 0 saturated heterocycles. The van der Waals surface area contributed by atoms with Crippen molar-refractivity contribution < 1.29 is 5.11 Å². The molecule has 0 aromatic heterocycles. The number of fused-ring (bicyclic) bond motifs is 1. The predicted octanol–water partition coefficient (Wildman–Crippen LogP) is 2.92. The first-order valence-electron chi connectivity index (χ1n) is 5.14. The molecule has 0 aliphatic heterocycles. The number of halogens is 1. The fourth-order valence-corrected chi connectivity index (χ4v) is 2.49. The standard InChI is InChI=1S/C12H15ClO/c1-8(7-14)12-6-10(13)5-9-3-2-4-11(9)12/h5-6,8,14H,2-4,7H2,1H3. The van der Waals surface area contributed by atoms with Gasteiger partial charge in [0.15, 0.2) is 0 Å². The monoisotopic (exact) mass is 210 g/mol. The molecule has 0 bridgehead atoms. The van der Waals surface area contributed by atoms with E-state index in [2.05, 4.69) is 6.07 Å². The molecule has 1 N–H and O–H groups in total. The molecule has 0 amide bonds. The second-order valence-corrected chi connectivity index (χ2v) is 4.51. The lowest BCUT2D eigenvalue weighted by molar-refractivity contribution is 0.272. The van der Waals surface area contributed by atoms with E-state index in [0.717, 1.165) is 17.9 Å². The van der Waals surface area contributed by atoms with Crippen LogP contribution in [0, 0.1) is 0 Å². The fraction of sp³-hybridized carbons (Fsp3) is 0.500. The first kappa shape index (κ1) is 10.0. The summed E-state index contributed by atoms with van der Waals surface area (Å²) < 4.78 is 0. The van der Waals surface area contributed by atoms with Crippen LogP contribution in [0.15, 0.2) is 12.1 Å². The second-order valence-electron chi connectivity index (χ2n) is 4.07. The maximum Gasteiger partial charge on any atom is 0.0497 e. The number of aliphatic hydroxyl groups is 1. The molecule has 0 spiro atoms. The molecule has 1 unspecified atom stereocenters. The molecule has 1 atom stereocenters. The zero-order valence-corrected chi connectivity index (χ0v) is 9.14. The van der Waals surface area contributed by atoms with E-state index in [-0.39, 0.29) is 12.5 Å². The first-order chi connectivity index (χ1) is 6.72. The third-order valence-corrected chi connectivity index (χ3v) is 3.24. The van der Waals surface area contributed by atoms with E-state index in [1.807, 2.05) is 13.0 Å². The summed E-state index contributed by atoms with van der Waals surface area (Å²) in [5, 5.41) is 9.97. The Hall–Kier alpha value is -0.530. The highest BCUT2D eigenvalue weighted by molar-refractivity contribution is 6.30. The van der Waals surface area contributed by atoms with Gasteiger partial charge in [0.1, 0.15) is 0 Å². The SMILES string of the molecule is CC(CO)c1cc(Cl)cc2c1CCC2. The van der Waals surface area contributed by atoms with Gasteiger partial charge < -0.3 is 5.11 Å². The number of rotatable bonds is 2. The molecule has 1 nitrogen and oxygen atoms in total. The van der Waals surface area contributed by atoms with Crippen LogP contribution in [0.1, 0.15) is 36.0 Å². The van der Waals surface area contributed by atoms with Crippen LogP contribution in [-0.2, 0) is 12.8 Å². The lowest BCUT2D eigenvalue weighted by Gasteiger charge is -2.14. The second kappa shape index (κ2) is 3.92. The molecule has 76 valence electrons. The Morgan fingerprint density at radius 3 is 2.93 bits per heavy atom. The molecule has 0 heterocycles. The summed E-state index contributed by atoms with van der Waals surface area (Å²) in [5.74, 6) is 0.209. The minimum Gasteiger partial charge on any atom is -0.396 e. The first-order valence-corrected chi connectivity index (χ1v) is 5.52. The summed E-state index contributed by atoms with van der Waals surface area (Å²) in [7, 11) is 0. The molecule has 14 heavy (non-hydrogen) atoms. The van der Waals surface area contributed by atoms with Gasteiger partial charge in [-0.25, -0.2) is 0 Å². The van der Waals surface area contributed by atoms with E-state index in [4.69, 9.17) is 16.7 Å². The third-order valence-electron chi connectivity index (χ3n) is 3.02. The van der Waals surface area contributed by atoms with Gasteiger partial charge >= 0.3 is 0 Å². The number of aliphatic hydroxyl groups excluding tert-OH is 1. The van der Waals surface area contributed by atoms with E-state index < -0.39 is 0 Å². The van der Waals surface area contributed by atoms with Gasteiger partial charge in [-0.3, -0.25) is 0 Å². The van der Waals surface area contributed by atoms with Gasteiger partial charge in [0.2, 0.25) is 0 Å². The van der Waals surface area contributed by atoms with Gasteiger partial charge in [-0.1, -0.05) is 18.5 Å².